The zero-order valence-electron chi connectivity index (χ0n) is 49.9. The molecule has 26 heteroatoms. The van der Waals surface area contributed by atoms with E-state index in [1.54, 1.807) is 36.5 Å². The van der Waals surface area contributed by atoms with Gasteiger partial charge in [-0.2, -0.15) is 0 Å². The van der Waals surface area contributed by atoms with Crippen LogP contribution in [0.15, 0.2) is 90.1 Å². The second-order valence-electron chi connectivity index (χ2n) is 22.6. The number of para-hydroxylation sites is 1. The molecular weight excluding hydrogens is 1120 g/mol. The number of aliphatic imine (C=N–C) groups is 1. The third-order valence-corrected chi connectivity index (χ3v) is 15.1. The SMILES string of the molecule is CN=C(N)NCCC[C@H](CC(=O)[C@H](CC(C)C)NC(=O)NCC[C@H](Cc1ccccc1)NC(=O)[C@@H](CC(=O)[C@H](CC(N)=O)NC(=O)[C@@H]1C[C@@H](O)CN1C(=O)[C@@H](Cc1ccc(O)cc1)NC(C)=O)[C@@H](C)O)C(=O)N[C@@H](Cc1c[nH]c2ccccc12)C(N)=O. The Labute approximate surface area is 505 Å². The Morgan fingerprint density at radius 2 is 1.37 bits per heavy atom. The Bertz CT molecular complexity index is 3040. The van der Waals surface area contributed by atoms with Crippen LogP contribution < -0.4 is 54.4 Å². The van der Waals surface area contributed by atoms with E-state index < -0.39 is 132 Å². The smallest absolute Gasteiger partial charge is 0.315 e. The van der Waals surface area contributed by atoms with Crippen LogP contribution in [-0.2, 0) is 62.4 Å². The minimum Gasteiger partial charge on any atom is -0.508 e. The number of Topliss-reactive ketones (excluding diaryl/α,β-unsaturated/α-hetero) is 2. The lowest BCUT2D eigenvalue weighted by molar-refractivity contribution is -0.142. The zero-order valence-corrected chi connectivity index (χ0v) is 49.9. The quantitative estimate of drug-likeness (QED) is 0.0168. The van der Waals surface area contributed by atoms with E-state index >= 15 is 0 Å². The highest BCUT2D eigenvalue weighted by Gasteiger charge is 2.43. The number of carbonyl (C=O) groups excluding carboxylic acids is 10. The van der Waals surface area contributed by atoms with Crippen molar-refractivity contribution in [2.45, 2.75) is 147 Å². The molecule has 17 N–H and O–H groups in total. The van der Waals surface area contributed by atoms with Gasteiger partial charge in [0.1, 0.15) is 23.9 Å². The number of hydrogen-bond acceptors (Lipinski definition) is 14. The number of benzene rings is 3. The van der Waals surface area contributed by atoms with Crippen LogP contribution >= 0.6 is 0 Å². The van der Waals surface area contributed by atoms with Gasteiger partial charge < -0.3 is 79.6 Å². The standard InChI is InChI=1S/C61H85N13O13/c1-34(2)24-47(52(79)28-39(14-11-22-66-60(64)65-5)56(83)72-49(55(63)82)27-40-32-68-46-16-10-9-15-44(40)46)73-61(87)67-23-21-41(25-37-12-7-6-8-13-37)70-57(84)45(35(3)75)30-53(80)48(31-54(62)81)71-58(85)51-29-43(78)33-74(51)59(86)50(69-36(4)76)26-38-17-19-42(77)20-18-38/h6-10,12-13,15-20,32,34-35,39,41,43,45,47-51,68,75,77-78H,11,14,21-31,33H2,1-5H3,(H2,62,81)(H2,63,82)(H,69,76)(H,70,84)(H,71,85)(H,72,83)(H3,64,65,66)(H2,67,73,87)/t35-,39-,41-,43-,45+,47+,48+,49+,50-,51+/m1/s1. The molecule has 472 valence electrons. The predicted molar refractivity (Wildman–Crippen MR) is 324 cm³/mol. The van der Waals surface area contributed by atoms with Crippen LogP contribution in [0.5, 0.6) is 5.75 Å². The molecule has 2 heterocycles. The number of H-pyrrole nitrogens is 1. The number of β-amino-alcohol motifs (C(OH)–C–C–N with tert-alkyl or cyclic N) is 1. The summed E-state index contributed by atoms with van der Waals surface area (Å²) >= 11 is 0. The molecule has 9 amide bonds. The van der Waals surface area contributed by atoms with Gasteiger partial charge in [-0.15, -0.1) is 0 Å². The van der Waals surface area contributed by atoms with Crippen molar-refractivity contribution in [2.75, 3.05) is 26.7 Å². The number of likely N-dealkylation sites (tertiary alicyclic amines) is 1. The van der Waals surface area contributed by atoms with Gasteiger partial charge in [0.15, 0.2) is 17.5 Å². The predicted octanol–water partition coefficient (Wildman–Crippen LogP) is 0.133. The summed E-state index contributed by atoms with van der Waals surface area (Å²) in [6.07, 6.45) is -1.76. The first-order valence-electron chi connectivity index (χ1n) is 29.2. The van der Waals surface area contributed by atoms with E-state index in [2.05, 4.69) is 47.2 Å². The van der Waals surface area contributed by atoms with Crippen molar-refractivity contribution in [1.82, 2.24) is 47.1 Å². The van der Waals surface area contributed by atoms with Crippen molar-refractivity contribution in [3.63, 3.8) is 0 Å². The van der Waals surface area contributed by atoms with Gasteiger partial charge in [-0.3, -0.25) is 48.1 Å². The van der Waals surface area contributed by atoms with E-state index in [4.69, 9.17) is 17.2 Å². The molecule has 26 nitrogen and oxygen atoms in total. The number of guanidine groups is 1. The molecule has 1 saturated heterocycles. The van der Waals surface area contributed by atoms with Crippen LogP contribution in [0.1, 0.15) is 95.8 Å². The fourth-order valence-electron chi connectivity index (χ4n) is 10.5. The van der Waals surface area contributed by atoms with Gasteiger partial charge in [0.25, 0.3) is 0 Å². The molecule has 5 rings (SSSR count). The molecule has 4 aromatic rings. The number of phenols is 1. The highest BCUT2D eigenvalue weighted by molar-refractivity contribution is 5.98. The van der Waals surface area contributed by atoms with Crippen LogP contribution in [0.25, 0.3) is 10.9 Å². The van der Waals surface area contributed by atoms with Crippen molar-refractivity contribution in [2.24, 2.45) is 39.9 Å². The van der Waals surface area contributed by atoms with Gasteiger partial charge in [-0.1, -0.05) is 74.5 Å². The minimum absolute atomic E-state index is 0.0262. The molecule has 1 aliphatic rings. The van der Waals surface area contributed by atoms with Gasteiger partial charge in [0.2, 0.25) is 41.4 Å². The zero-order chi connectivity index (χ0) is 63.9. The van der Waals surface area contributed by atoms with Crippen molar-refractivity contribution in [1.29, 1.82) is 0 Å². The van der Waals surface area contributed by atoms with Crippen molar-refractivity contribution in [3.05, 3.63) is 102 Å². The molecule has 0 spiro atoms. The summed E-state index contributed by atoms with van der Waals surface area (Å²) in [6, 6.07) is 14.6. The van der Waals surface area contributed by atoms with E-state index in [1.165, 1.54) is 33.0 Å². The molecule has 1 aromatic heterocycles. The molecule has 87 heavy (non-hydrogen) atoms. The fourth-order valence-corrected chi connectivity index (χ4v) is 10.5. The fraction of sp³-hybridized carbons (Fsp3) is 0.492. The van der Waals surface area contributed by atoms with Crippen LogP contribution in [0, 0.1) is 17.8 Å². The molecule has 0 saturated carbocycles. The number of aliphatic hydroxyl groups is 2. The normalized spacial score (nSPS) is 16.9. The summed E-state index contributed by atoms with van der Waals surface area (Å²) in [7, 11) is 1.51. The minimum atomic E-state index is -1.64. The number of primary amides is 2. The molecule has 0 aliphatic carbocycles. The monoisotopic (exact) mass is 1210 g/mol. The van der Waals surface area contributed by atoms with Gasteiger partial charge in [-0.05, 0) is 79.8 Å². The molecule has 1 aliphatic heterocycles. The second-order valence-corrected chi connectivity index (χ2v) is 22.6. The molecule has 3 aromatic carbocycles. The second kappa shape index (κ2) is 33.7. The Morgan fingerprint density at radius 3 is 2.01 bits per heavy atom. The summed E-state index contributed by atoms with van der Waals surface area (Å²) in [5.41, 5.74) is 20.1. The number of aliphatic hydroxyl groups excluding tert-OH is 2. The van der Waals surface area contributed by atoms with Crippen LogP contribution in [0.3, 0.4) is 0 Å². The third kappa shape index (κ3) is 22.1. The number of nitrogens with zero attached hydrogens (tertiary/aromatic N) is 2. The lowest BCUT2D eigenvalue weighted by Gasteiger charge is -2.30. The number of nitrogens with two attached hydrogens (primary N) is 3. The van der Waals surface area contributed by atoms with Crippen LogP contribution in [0.4, 0.5) is 4.79 Å². The van der Waals surface area contributed by atoms with Crippen LogP contribution in [-0.4, -0.2) is 165 Å². The highest BCUT2D eigenvalue weighted by atomic mass is 16.3. The summed E-state index contributed by atoms with van der Waals surface area (Å²) in [4.78, 5) is 144. The van der Waals surface area contributed by atoms with Gasteiger partial charge >= 0.3 is 6.03 Å². The number of aromatic hydroxyl groups is 1. The van der Waals surface area contributed by atoms with Crippen LogP contribution in [0.2, 0.25) is 0 Å². The molecule has 0 unspecified atom stereocenters. The van der Waals surface area contributed by atoms with E-state index in [0.717, 1.165) is 26.9 Å². The number of ketones is 2. The molecule has 10 atom stereocenters. The number of phenolic OH excluding ortho intramolecular Hbond substituents is 1. The van der Waals surface area contributed by atoms with Gasteiger partial charge in [0.05, 0.1) is 36.6 Å². The number of aromatic nitrogens is 1. The summed E-state index contributed by atoms with van der Waals surface area (Å²) in [5.74, 6) is -8.98. The topological polar surface area (TPSA) is 425 Å². The number of aromatic amines is 1. The Hall–Kier alpha value is -8.91. The Kier molecular flexibility index (Phi) is 26.7. The van der Waals surface area contributed by atoms with Gasteiger partial charge in [-0.25, -0.2) is 4.79 Å². The van der Waals surface area contributed by atoms with Gasteiger partial charge in [0, 0.05) is 94.8 Å². The number of fused-ring (bicyclic) bond motifs is 1. The van der Waals surface area contributed by atoms with E-state index in [9.17, 15) is 63.3 Å². The lowest BCUT2D eigenvalue weighted by Crippen LogP contribution is -2.56. The maximum Gasteiger partial charge on any atom is 0.315 e. The number of amides is 9. The first-order valence-corrected chi connectivity index (χ1v) is 29.2. The first-order chi connectivity index (χ1) is 41.3. The lowest BCUT2D eigenvalue weighted by atomic mass is 9.90. The number of rotatable bonds is 34. The Balaban J connectivity index is 1.25. The molecule has 0 bridgehead atoms. The third-order valence-electron chi connectivity index (χ3n) is 15.1. The maximum absolute atomic E-state index is 14.3. The van der Waals surface area contributed by atoms with Crippen molar-refractivity contribution >= 4 is 75.8 Å². The maximum atomic E-state index is 14.3. The number of carbonyl (C=O) groups is 10. The van der Waals surface area contributed by atoms with E-state index in [1.807, 2.05) is 50.2 Å². The van der Waals surface area contributed by atoms with E-state index in [-0.39, 0.29) is 82.1 Å². The summed E-state index contributed by atoms with van der Waals surface area (Å²) in [5, 5.41) is 51.5. The average Bonchev–Trinajstić information content (AvgIpc) is 2.36. The largest absolute Gasteiger partial charge is 0.508 e. The summed E-state index contributed by atoms with van der Waals surface area (Å²) < 4.78 is 0. The highest BCUT2D eigenvalue weighted by Crippen LogP contribution is 2.24. The van der Waals surface area contributed by atoms with Crippen molar-refractivity contribution in [3.8, 4) is 5.75 Å². The molecule has 1 fully saturated rings. The van der Waals surface area contributed by atoms with E-state index in [0.29, 0.717) is 18.5 Å². The number of urea groups is 1. The molecular formula is C61H85N13O13. The number of hydrogen-bond donors (Lipinski definition) is 14. The number of nitrogens with one attached hydrogen (secondary N) is 8. The summed E-state index contributed by atoms with van der Waals surface area (Å²) in [6.45, 7) is 6.18. The first kappa shape index (κ1) is 68.9. The Morgan fingerprint density at radius 1 is 0.701 bits per heavy atom. The molecule has 0 radical (unpaired) electrons. The average molecular weight is 1210 g/mol. The van der Waals surface area contributed by atoms with Crippen molar-refractivity contribution < 1.29 is 63.3 Å².